The van der Waals surface area contributed by atoms with Gasteiger partial charge in [-0.15, -0.1) is 0 Å². The molecule has 0 saturated heterocycles. The number of anilines is 1. The summed E-state index contributed by atoms with van der Waals surface area (Å²) in [5, 5.41) is 10.2. The zero-order valence-corrected chi connectivity index (χ0v) is 19.3. The van der Waals surface area contributed by atoms with E-state index in [1.165, 1.54) is 12.1 Å². The Labute approximate surface area is 193 Å². The minimum absolute atomic E-state index is 0.124. The number of benzene rings is 1. The van der Waals surface area contributed by atoms with Gasteiger partial charge in [-0.3, -0.25) is 24.6 Å². The molecule has 2 heterocycles. The lowest BCUT2D eigenvalue weighted by Crippen LogP contribution is -2.44. The van der Waals surface area contributed by atoms with E-state index in [-0.39, 0.29) is 31.3 Å². The predicted octanol–water partition coefficient (Wildman–Crippen LogP) is 3.35. The average molecular weight is 456 g/mol. The van der Waals surface area contributed by atoms with Crippen LogP contribution in [0.2, 0.25) is 0 Å². The van der Waals surface area contributed by atoms with E-state index in [1.807, 2.05) is 26.0 Å². The Morgan fingerprint density at radius 3 is 2.42 bits per heavy atom. The molecule has 0 aliphatic heterocycles. The molecule has 1 amide bonds. The molecule has 0 spiro atoms. The van der Waals surface area contributed by atoms with E-state index in [9.17, 15) is 14.0 Å². The number of carbonyl (C=O) groups is 2. The first-order valence-corrected chi connectivity index (χ1v) is 10.8. The van der Waals surface area contributed by atoms with Gasteiger partial charge in [0.05, 0.1) is 24.9 Å². The number of esters is 1. The fourth-order valence-corrected chi connectivity index (χ4v) is 2.99. The van der Waals surface area contributed by atoms with Gasteiger partial charge < -0.3 is 10.1 Å². The van der Waals surface area contributed by atoms with Crippen LogP contribution in [0.15, 0.2) is 54.9 Å². The van der Waals surface area contributed by atoms with Gasteiger partial charge in [-0.25, -0.2) is 4.39 Å². The van der Waals surface area contributed by atoms with Crippen molar-refractivity contribution in [3.8, 4) is 11.3 Å². The minimum Gasteiger partial charge on any atom is -0.465 e. The van der Waals surface area contributed by atoms with Crippen molar-refractivity contribution >= 4 is 17.7 Å². The van der Waals surface area contributed by atoms with Crippen LogP contribution in [0, 0.1) is 5.82 Å². The summed E-state index contributed by atoms with van der Waals surface area (Å²) < 4.78 is 19.7. The number of ether oxygens (including phenoxy) is 1. The summed E-state index contributed by atoms with van der Waals surface area (Å²) in [6, 6.07) is 10.5. The lowest BCUT2D eigenvalue weighted by Gasteiger charge is -2.18. The van der Waals surface area contributed by atoms with Crippen LogP contribution in [-0.4, -0.2) is 45.8 Å². The van der Waals surface area contributed by atoms with Crippen molar-refractivity contribution in [1.82, 2.24) is 20.1 Å². The molecule has 1 atom stereocenters. The molecular weight excluding hydrogens is 425 g/mol. The molecule has 1 unspecified atom stereocenters. The van der Waals surface area contributed by atoms with Gasteiger partial charge >= 0.3 is 5.97 Å². The molecule has 176 valence electrons. The number of amides is 1. The largest absolute Gasteiger partial charge is 0.465 e. The molecule has 3 aromatic rings. The van der Waals surface area contributed by atoms with Crippen LogP contribution >= 0.6 is 0 Å². The molecular formula is C24H30FN5O3. The van der Waals surface area contributed by atoms with E-state index in [0.29, 0.717) is 11.5 Å². The molecule has 3 rings (SSSR count). The first-order chi connectivity index (χ1) is 16.0. The van der Waals surface area contributed by atoms with Gasteiger partial charge in [0.15, 0.2) is 0 Å². The molecule has 8 nitrogen and oxygen atoms in total. The van der Waals surface area contributed by atoms with Gasteiger partial charge in [-0.05, 0) is 43.2 Å². The van der Waals surface area contributed by atoms with Gasteiger partial charge in [0, 0.05) is 31.1 Å². The van der Waals surface area contributed by atoms with E-state index >= 15 is 0 Å². The minimum atomic E-state index is -0.742. The summed E-state index contributed by atoms with van der Waals surface area (Å²) >= 11 is 0. The third kappa shape index (κ3) is 7.80. The summed E-state index contributed by atoms with van der Waals surface area (Å²) in [7, 11) is 1.72. The molecule has 0 fully saturated rings. The van der Waals surface area contributed by atoms with Gasteiger partial charge in [-0.2, -0.15) is 5.10 Å². The van der Waals surface area contributed by atoms with E-state index in [4.69, 9.17) is 4.74 Å². The summed E-state index contributed by atoms with van der Waals surface area (Å²) in [5.41, 5.74) is 2.31. The van der Waals surface area contributed by atoms with E-state index in [0.717, 1.165) is 11.1 Å². The first-order valence-electron chi connectivity index (χ1n) is 10.8. The number of hydrogen-bond donors (Lipinski definition) is 2. The van der Waals surface area contributed by atoms with Gasteiger partial charge in [0.2, 0.25) is 5.91 Å². The Morgan fingerprint density at radius 2 is 1.79 bits per heavy atom. The van der Waals surface area contributed by atoms with Crippen molar-refractivity contribution in [2.24, 2.45) is 7.05 Å². The molecule has 2 N–H and O–H groups in total. The summed E-state index contributed by atoms with van der Waals surface area (Å²) in [6.45, 7) is 5.84. The van der Waals surface area contributed by atoms with Crippen molar-refractivity contribution in [2.45, 2.75) is 33.2 Å². The fourth-order valence-electron chi connectivity index (χ4n) is 2.99. The highest BCUT2D eigenvalue weighted by molar-refractivity contribution is 5.95. The number of halogens is 1. The third-order valence-electron chi connectivity index (χ3n) is 4.57. The number of nitrogens with one attached hydrogen (secondary N) is 2. The molecule has 0 saturated carbocycles. The van der Waals surface area contributed by atoms with Crippen LogP contribution in [0.4, 0.5) is 10.2 Å². The van der Waals surface area contributed by atoms with Crippen LogP contribution in [0.1, 0.15) is 26.3 Å². The Balaban J connectivity index is 0.00000187. The van der Waals surface area contributed by atoms with Gasteiger partial charge in [0.25, 0.3) is 0 Å². The fraction of sp³-hybridized carbons (Fsp3) is 0.333. The molecule has 2 aromatic heterocycles. The maximum absolute atomic E-state index is 13.2. The zero-order valence-electron chi connectivity index (χ0n) is 19.3. The standard InChI is InChI=1S/C22H24FN5O3.C2H6/c1-3-31-21(29)14-25-19(12-15-4-6-17(23)7-5-15)22(30)26-20-13-18(27-28(20)2)16-8-10-24-11-9-16;1-2/h4-11,13,19,25H,3,12,14H2,1-2H3,(H,26,30);1-2H3. The SMILES string of the molecule is CC.CCOC(=O)CNC(Cc1ccc(F)cc1)C(=O)Nc1cc(-c2ccncc2)nn1C. The van der Waals surface area contributed by atoms with Crippen molar-refractivity contribution < 1.29 is 18.7 Å². The van der Waals surface area contributed by atoms with Crippen molar-refractivity contribution in [3.63, 3.8) is 0 Å². The van der Waals surface area contributed by atoms with E-state index in [2.05, 4.69) is 20.7 Å². The topological polar surface area (TPSA) is 98.1 Å². The van der Waals surface area contributed by atoms with Crippen LogP contribution in [-0.2, 0) is 27.8 Å². The van der Waals surface area contributed by atoms with Crippen molar-refractivity contribution in [1.29, 1.82) is 0 Å². The number of aryl methyl sites for hydroxylation is 1. The van der Waals surface area contributed by atoms with Gasteiger partial charge in [0.1, 0.15) is 11.6 Å². The molecule has 1 aromatic carbocycles. The lowest BCUT2D eigenvalue weighted by atomic mass is 10.1. The van der Waals surface area contributed by atoms with Gasteiger partial charge in [-0.1, -0.05) is 26.0 Å². The number of hydrogen-bond acceptors (Lipinski definition) is 6. The number of aromatic nitrogens is 3. The summed E-state index contributed by atoms with van der Waals surface area (Å²) in [4.78, 5) is 28.7. The van der Waals surface area contributed by atoms with Crippen LogP contribution in [0.25, 0.3) is 11.3 Å². The second-order valence-electron chi connectivity index (χ2n) is 6.83. The zero-order chi connectivity index (χ0) is 24.2. The maximum Gasteiger partial charge on any atom is 0.319 e. The first kappa shape index (κ1) is 25.7. The smallest absolute Gasteiger partial charge is 0.319 e. The highest BCUT2D eigenvalue weighted by atomic mass is 19.1. The highest BCUT2D eigenvalue weighted by Crippen LogP contribution is 2.20. The summed E-state index contributed by atoms with van der Waals surface area (Å²) in [6.07, 6.45) is 3.60. The van der Waals surface area contributed by atoms with Crippen molar-refractivity contribution in [3.05, 3.63) is 66.2 Å². The number of pyridine rings is 1. The Kier molecular flexibility index (Phi) is 10.2. The predicted molar refractivity (Wildman–Crippen MR) is 125 cm³/mol. The average Bonchev–Trinajstić information content (AvgIpc) is 3.20. The Morgan fingerprint density at radius 1 is 1.12 bits per heavy atom. The molecule has 0 aliphatic carbocycles. The van der Waals surface area contributed by atoms with Crippen LogP contribution < -0.4 is 10.6 Å². The van der Waals surface area contributed by atoms with Crippen LogP contribution in [0.3, 0.4) is 0 Å². The van der Waals surface area contributed by atoms with E-state index in [1.54, 1.807) is 49.2 Å². The monoisotopic (exact) mass is 455 g/mol. The molecule has 0 aliphatic rings. The second kappa shape index (κ2) is 13.1. The highest BCUT2D eigenvalue weighted by Gasteiger charge is 2.22. The number of rotatable bonds is 9. The maximum atomic E-state index is 13.2. The normalized spacial score (nSPS) is 11.2. The number of nitrogens with zero attached hydrogens (tertiary/aromatic N) is 3. The molecule has 0 radical (unpaired) electrons. The molecule has 9 heteroatoms. The lowest BCUT2D eigenvalue weighted by molar-refractivity contribution is -0.142. The second-order valence-corrected chi connectivity index (χ2v) is 6.83. The Hall–Kier alpha value is -3.59. The number of carbonyl (C=O) groups excluding carboxylic acids is 2. The third-order valence-corrected chi connectivity index (χ3v) is 4.57. The summed E-state index contributed by atoms with van der Waals surface area (Å²) in [5.74, 6) is -0.667. The molecule has 33 heavy (non-hydrogen) atoms. The molecule has 0 bridgehead atoms. The van der Waals surface area contributed by atoms with Crippen molar-refractivity contribution in [2.75, 3.05) is 18.5 Å². The van der Waals surface area contributed by atoms with E-state index < -0.39 is 12.0 Å². The van der Waals surface area contributed by atoms with Crippen LogP contribution in [0.5, 0.6) is 0 Å². The quantitative estimate of drug-likeness (QED) is 0.480. The Bertz CT molecular complexity index is 1020.